The molecule has 7 nitrogen and oxygen atoms in total. The number of likely N-dealkylation sites (N-methyl/N-ethyl adjacent to an activating group) is 1. The van der Waals surface area contributed by atoms with Crippen LogP contribution in [0.15, 0.2) is 56.7 Å². The normalized spacial score (nSPS) is 17.6. The molecule has 1 aliphatic rings. The van der Waals surface area contributed by atoms with Gasteiger partial charge in [0.2, 0.25) is 0 Å². The number of nitrogens with zero attached hydrogens (tertiary/aromatic N) is 2. The van der Waals surface area contributed by atoms with Crippen LogP contribution in [0.2, 0.25) is 5.02 Å². The van der Waals surface area contributed by atoms with Crippen LogP contribution in [0, 0.1) is 0 Å². The summed E-state index contributed by atoms with van der Waals surface area (Å²) in [6, 6.07) is 9.52. The van der Waals surface area contributed by atoms with Crippen LogP contribution in [-0.2, 0) is 14.8 Å². The van der Waals surface area contributed by atoms with Gasteiger partial charge in [-0.05, 0) is 61.2 Å². The van der Waals surface area contributed by atoms with E-state index in [1.165, 1.54) is 47.4 Å². The molecule has 0 unspecified atom stereocenters. The number of hydrogen-bond acceptors (Lipinski definition) is 6. The number of phenolic OH excluding ortho intramolecular Hbond substituents is 2. The molecule has 0 radical (unpaired) electrons. The monoisotopic (exact) mass is 438 g/mol. The predicted octanol–water partition coefficient (Wildman–Crippen LogP) is 3.43. The maximum atomic E-state index is 12.6. The lowest BCUT2D eigenvalue weighted by atomic mass is 10.1. The number of halogens is 1. The van der Waals surface area contributed by atoms with E-state index < -0.39 is 15.9 Å². The Morgan fingerprint density at radius 1 is 1.18 bits per heavy atom. The molecule has 1 heterocycles. The first-order valence-electron chi connectivity index (χ1n) is 8.05. The predicted molar refractivity (Wildman–Crippen MR) is 109 cm³/mol. The van der Waals surface area contributed by atoms with Crippen LogP contribution in [-0.4, -0.2) is 41.2 Å². The average molecular weight is 439 g/mol. The summed E-state index contributed by atoms with van der Waals surface area (Å²) >= 11 is 6.68. The number of rotatable bonds is 4. The van der Waals surface area contributed by atoms with E-state index in [1.54, 1.807) is 6.92 Å². The zero-order valence-corrected chi connectivity index (χ0v) is 16.9. The number of amidine groups is 1. The molecular formula is C18H15ClN2O5S2. The van der Waals surface area contributed by atoms with Gasteiger partial charge in [0.25, 0.3) is 15.9 Å². The third kappa shape index (κ3) is 4.16. The number of benzene rings is 2. The molecule has 0 atom stereocenters. The summed E-state index contributed by atoms with van der Waals surface area (Å²) in [4.78, 5) is 14.0. The molecule has 2 N–H and O–H groups in total. The van der Waals surface area contributed by atoms with Crippen molar-refractivity contribution in [2.24, 2.45) is 4.40 Å². The van der Waals surface area contributed by atoms with E-state index in [4.69, 9.17) is 11.6 Å². The van der Waals surface area contributed by atoms with Crippen molar-refractivity contribution in [3.8, 4) is 11.5 Å². The Labute approximate surface area is 171 Å². The van der Waals surface area contributed by atoms with Gasteiger partial charge in [0.1, 0.15) is 11.5 Å². The first-order valence-corrected chi connectivity index (χ1v) is 10.7. The molecule has 3 rings (SSSR count). The van der Waals surface area contributed by atoms with Crippen molar-refractivity contribution in [2.75, 3.05) is 6.54 Å². The Hall–Kier alpha value is -2.49. The largest absolute Gasteiger partial charge is 0.508 e. The van der Waals surface area contributed by atoms with Crippen molar-refractivity contribution in [2.45, 2.75) is 11.8 Å². The smallest absolute Gasteiger partial charge is 0.284 e. The molecule has 10 heteroatoms. The fourth-order valence-electron chi connectivity index (χ4n) is 2.41. The lowest BCUT2D eigenvalue weighted by Gasteiger charge is -2.11. The van der Waals surface area contributed by atoms with Crippen molar-refractivity contribution in [1.29, 1.82) is 0 Å². The summed E-state index contributed by atoms with van der Waals surface area (Å²) in [5, 5.41) is 19.7. The lowest BCUT2D eigenvalue weighted by Crippen LogP contribution is -2.29. The standard InChI is InChI=1S/C18H15ClN2O5S2/c1-2-21-17(24)16(9-11-3-6-13(22)10-15(11)23)27-18(21)20-28(25,26)14-7-4-12(19)5-8-14/h3-10,22-23H,2H2,1H3/b16-9-,20-18?. The third-order valence-corrected chi connectivity index (χ3v) is 6.47. The van der Waals surface area contributed by atoms with Gasteiger partial charge >= 0.3 is 0 Å². The number of aromatic hydroxyl groups is 2. The first-order chi connectivity index (χ1) is 13.2. The van der Waals surface area contributed by atoms with Crippen LogP contribution in [0.25, 0.3) is 6.08 Å². The first kappa shape index (κ1) is 20.2. The highest BCUT2D eigenvalue weighted by molar-refractivity contribution is 8.19. The third-order valence-electron chi connectivity index (χ3n) is 3.81. The molecule has 0 aliphatic carbocycles. The number of hydrogen-bond donors (Lipinski definition) is 2. The highest BCUT2D eigenvalue weighted by Crippen LogP contribution is 2.35. The fraction of sp³-hybridized carbons (Fsp3) is 0.111. The van der Waals surface area contributed by atoms with E-state index in [-0.39, 0.29) is 33.0 Å². The summed E-state index contributed by atoms with van der Waals surface area (Å²) in [5.74, 6) is -0.746. The van der Waals surface area contributed by atoms with Crippen LogP contribution in [0.3, 0.4) is 0 Å². The van der Waals surface area contributed by atoms with E-state index in [1.807, 2.05) is 0 Å². The van der Waals surface area contributed by atoms with E-state index in [0.717, 1.165) is 17.8 Å². The summed E-state index contributed by atoms with van der Waals surface area (Å²) < 4.78 is 28.9. The maximum absolute atomic E-state index is 12.6. The van der Waals surface area contributed by atoms with Crippen LogP contribution in [0.4, 0.5) is 0 Å². The number of thioether (sulfide) groups is 1. The van der Waals surface area contributed by atoms with Crippen LogP contribution in [0.1, 0.15) is 12.5 Å². The van der Waals surface area contributed by atoms with Gasteiger partial charge in [-0.1, -0.05) is 11.6 Å². The van der Waals surface area contributed by atoms with Gasteiger partial charge in [0.15, 0.2) is 5.17 Å². The molecule has 1 saturated heterocycles. The molecule has 0 bridgehead atoms. The zero-order valence-electron chi connectivity index (χ0n) is 14.5. The molecule has 2 aromatic rings. The van der Waals surface area contributed by atoms with Gasteiger partial charge in [0, 0.05) is 23.2 Å². The summed E-state index contributed by atoms with van der Waals surface area (Å²) in [5.41, 5.74) is 0.312. The number of phenols is 2. The number of carbonyl (C=O) groups is 1. The van der Waals surface area contributed by atoms with Gasteiger partial charge in [-0.15, -0.1) is 4.40 Å². The minimum absolute atomic E-state index is 0.0203. The van der Waals surface area contributed by atoms with E-state index in [9.17, 15) is 23.4 Å². The second-order valence-electron chi connectivity index (χ2n) is 5.71. The summed E-state index contributed by atoms with van der Waals surface area (Å²) in [6.07, 6.45) is 1.42. The summed E-state index contributed by atoms with van der Waals surface area (Å²) in [6.45, 7) is 1.92. The van der Waals surface area contributed by atoms with Gasteiger partial charge in [-0.3, -0.25) is 9.69 Å². The molecule has 0 aromatic heterocycles. The Morgan fingerprint density at radius 2 is 1.86 bits per heavy atom. The van der Waals surface area contributed by atoms with E-state index in [0.29, 0.717) is 10.6 Å². The number of carbonyl (C=O) groups excluding carboxylic acids is 1. The second-order valence-corrected chi connectivity index (χ2v) is 8.76. The average Bonchev–Trinajstić information content (AvgIpc) is 2.91. The SMILES string of the molecule is CCN1C(=O)/C(=C/c2ccc(O)cc2O)SC1=NS(=O)(=O)c1ccc(Cl)cc1. The Balaban J connectivity index is 1.98. The van der Waals surface area contributed by atoms with Crippen molar-refractivity contribution in [3.63, 3.8) is 0 Å². The van der Waals surface area contributed by atoms with Crippen LogP contribution >= 0.6 is 23.4 Å². The molecular weight excluding hydrogens is 424 g/mol. The van der Waals surface area contributed by atoms with Gasteiger partial charge < -0.3 is 10.2 Å². The van der Waals surface area contributed by atoms with Crippen molar-refractivity contribution in [3.05, 3.63) is 58.0 Å². The topological polar surface area (TPSA) is 107 Å². The second kappa shape index (κ2) is 7.86. The Kier molecular flexibility index (Phi) is 5.69. The molecule has 0 spiro atoms. The zero-order chi connectivity index (χ0) is 20.5. The van der Waals surface area contributed by atoms with Gasteiger partial charge in [-0.25, -0.2) is 0 Å². The van der Waals surface area contributed by atoms with E-state index in [2.05, 4.69) is 4.40 Å². The molecule has 28 heavy (non-hydrogen) atoms. The van der Waals surface area contributed by atoms with Crippen LogP contribution < -0.4 is 0 Å². The molecule has 146 valence electrons. The summed E-state index contributed by atoms with van der Waals surface area (Å²) in [7, 11) is -4.03. The van der Waals surface area contributed by atoms with Gasteiger partial charge in [-0.2, -0.15) is 8.42 Å². The molecule has 1 amide bonds. The highest BCUT2D eigenvalue weighted by Gasteiger charge is 2.34. The van der Waals surface area contributed by atoms with Crippen molar-refractivity contribution < 1.29 is 23.4 Å². The van der Waals surface area contributed by atoms with Gasteiger partial charge in [0.05, 0.1) is 9.80 Å². The van der Waals surface area contributed by atoms with Crippen LogP contribution in [0.5, 0.6) is 11.5 Å². The number of amides is 1. The molecule has 2 aromatic carbocycles. The maximum Gasteiger partial charge on any atom is 0.284 e. The van der Waals surface area contributed by atoms with Crippen molar-refractivity contribution in [1.82, 2.24) is 4.90 Å². The van der Waals surface area contributed by atoms with E-state index >= 15 is 0 Å². The fourth-order valence-corrected chi connectivity index (χ4v) is 4.77. The highest BCUT2D eigenvalue weighted by atomic mass is 35.5. The number of sulfonamides is 1. The Morgan fingerprint density at radius 3 is 2.46 bits per heavy atom. The molecule has 1 aliphatic heterocycles. The molecule has 1 fully saturated rings. The Bertz CT molecular complexity index is 1100. The minimum Gasteiger partial charge on any atom is -0.508 e. The molecule has 0 saturated carbocycles. The lowest BCUT2D eigenvalue weighted by molar-refractivity contribution is -0.122. The minimum atomic E-state index is -4.03. The quantitative estimate of drug-likeness (QED) is 0.708. The van der Waals surface area contributed by atoms with Crippen molar-refractivity contribution >= 4 is 50.5 Å².